The number of nitrogens with one attached hydrogen (secondary N) is 1. The number of hydrogen-bond acceptors (Lipinski definition) is 4. The predicted molar refractivity (Wildman–Crippen MR) is 89.3 cm³/mol. The largest absolute Gasteiger partial charge is 0.399 e. The van der Waals surface area contributed by atoms with Gasteiger partial charge in [0.05, 0.1) is 18.4 Å². The first kappa shape index (κ1) is 17.6. The summed E-state index contributed by atoms with van der Waals surface area (Å²) in [6.45, 7) is 1.69. The average molecular weight is 330 g/mol. The summed E-state index contributed by atoms with van der Waals surface area (Å²) in [5.41, 5.74) is 1.80. The van der Waals surface area contributed by atoms with Crippen LogP contribution in [0.4, 0.5) is 4.39 Å². The first-order chi connectivity index (χ1) is 11.5. The van der Waals surface area contributed by atoms with Crippen molar-refractivity contribution in [2.45, 2.75) is 19.1 Å². The van der Waals surface area contributed by atoms with Gasteiger partial charge in [-0.3, -0.25) is 4.79 Å². The number of oxime groups is 1. The van der Waals surface area contributed by atoms with E-state index in [1.165, 1.54) is 37.6 Å². The highest BCUT2D eigenvalue weighted by molar-refractivity contribution is 5.95. The molecule has 0 saturated heterocycles. The minimum atomic E-state index is -0.928. The summed E-state index contributed by atoms with van der Waals surface area (Å²) in [5.74, 6) is -0.682. The molecule has 0 aliphatic heterocycles. The molecule has 0 saturated carbocycles. The highest BCUT2D eigenvalue weighted by Gasteiger charge is 2.19. The van der Waals surface area contributed by atoms with Crippen molar-refractivity contribution in [1.29, 1.82) is 0 Å². The van der Waals surface area contributed by atoms with Crippen LogP contribution in [0.15, 0.2) is 53.7 Å². The number of halogens is 1. The van der Waals surface area contributed by atoms with Crippen LogP contribution in [0, 0.1) is 5.82 Å². The molecule has 2 atom stereocenters. The normalized spacial score (nSPS) is 13.5. The lowest BCUT2D eigenvalue weighted by Gasteiger charge is -2.20. The Hall–Kier alpha value is -2.73. The molecule has 0 aliphatic carbocycles. The molecule has 0 aromatic heterocycles. The van der Waals surface area contributed by atoms with Gasteiger partial charge in [-0.05, 0) is 42.3 Å². The fraction of sp³-hybridized carbons (Fsp3) is 0.222. The third kappa shape index (κ3) is 4.63. The fourth-order valence-corrected chi connectivity index (χ4v) is 2.15. The van der Waals surface area contributed by atoms with E-state index in [4.69, 9.17) is 0 Å². The summed E-state index contributed by atoms with van der Waals surface area (Å²) >= 11 is 0. The molecule has 2 aromatic rings. The second-order valence-corrected chi connectivity index (χ2v) is 5.30. The maximum atomic E-state index is 12.9. The van der Waals surface area contributed by atoms with Crippen LogP contribution in [-0.4, -0.2) is 30.4 Å². The van der Waals surface area contributed by atoms with Gasteiger partial charge in [0.25, 0.3) is 5.91 Å². The van der Waals surface area contributed by atoms with E-state index in [1.54, 1.807) is 31.2 Å². The second-order valence-electron chi connectivity index (χ2n) is 5.30. The first-order valence-corrected chi connectivity index (χ1v) is 7.42. The molecule has 0 fully saturated rings. The van der Waals surface area contributed by atoms with Crippen molar-refractivity contribution in [2.24, 2.45) is 5.16 Å². The highest BCUT2D eigenvalue weighted by atomic mass is 19.1. The van der Waals surface area contributed by atoms with Crippen molar-refractivity contribution in [2.75, 3.05) is 7.11 Å². The van der Waals surface area contributed by atoms with E-state index in [9.17, 15) is 14.3 Å². The van der Waals surface area contributed by atoms with Crippen molar-refractivity contribution in [3.8, 4) is 0 Å². The van der Waals surface area contributed by atoms with E-state index in [0.29, 0.717) is 11.1 Å². The molecule has 6 heteroatoms. The van der Waals surface area contributed by atoms with Crippen LogP contribution in [0.2, 0.25) is 0 Å². The van der Waals surface area contributed by atoms with Gasteiger partial charge < -0.3 is 15.3 Å². The Balaban J connectivity index is 2.00. The van der Waals surface area contributed by atoms with Gasteiger partial charge in [-0.2, -0.15) is 0 Å². The standard InChI is InChI=1S/C18H19FN2O3/c1-12(17(22)14-7-9-16(19)10-8-14)21-18(23)15-5-3-13(4-6-15)11-20-24-2/h3-12,17,22H,1-2H3,(H,21,23)/b20-11+. The molecule has 0 heterocycles. The van der Waals surface area contributed by atoms with Crippen molar-refractivity contribution >= 4 is 12.1 Å². The van der Waals surface area contributed by atoms with Crippen LogP contribution in [0.25, 0.3) is 0 Å². The van der Waals surface area contributed by atoms with Gasteiger partial charge in [0.15, 0.2) is 0 Å². The Morgan fingerprint density at radius 3 is 2.42 bits per heavy atom. The molecule has 0 bridgehead atoms. The lowest BCUT2D eigenvalue weighted by atomic mass is 10.0. The van der Waals surface area contributed by atoms with Gasteiger partial charge in [-0.25, -0.2) is 4.39 Å². The van der Waals surface area contributed by atoms with E-state index in [1.807, 2.05) is 0 Å². The topological polar surface area (TPSA) is 70.9 Å². The number of aliphatic hydroxyl groups is 1. The molecule has 24 heavy (non-hydrogen) atoms. The van der Waals surface area contributed by atoms with Gasteiger partial charge >= 0.3 is 0 Å². The van der Waals surface area contributed by atoms with Crippen LogP contribution >= 0.6 is 0 Å². The van der Waals surface area contributed by atoms with Gasteiger partial charge in [0.1, 0.15) is 12.9 Å². The van der Waals surface area contributed by atoms with E-state index in [-0.39, 0.29) is 11.7 Å². The molecular weight excluding hydrogens is 311 g/mol. The highest BCUT2D eigenvalue weighted by Crippen LogP contribution is 2.17. The number of carbonyl (C=O) groups is 1. The Morgan fingerprint density at radius 1 is 1.21 bits per heavy atom. The van der Waals surface area contributed by atoms with Gasteiger partial charge in [0, 0.05) is 5.56 Å². The maximum Gasteiger partial charge on any atom is 0.251 e. The van der Waals surface area contributed by atoms with Gasteiger partial charge in [0.2, 0.25) is 0 Å². The van der Waals surface area contributed by atoms with E-state index in [2.05, 4.69) is 15.3 Å². The average Bonchev–Trinajstić information content (AvgIpc) is 2.60. The summed E-state index contributed by atoms with van der Waals surface area (Å²) in [5, 5.41) is 16.6. The number of aliphatic hydroxyl groups excluding tert-OH is 1. The Kier molecular flexibility index (Phi) is 6.03. The lowest BCUT2D eigenvalue weighted by molar-refractivity contribution is 0.0852. The Labute approximate surface area is 139 Å². The van der Waals surface area contributed by atoms with E-state index in [0.717, 1.165) is 5.56 Å². The minimum Gasteiger partial charge on any atom is -0.399 e. The smallest absolute Gasteiger partial charge is 0.251 e. The molecule has 1 amide bonds. The summed E-state index contributed by atoms with van der Waals surface area (Å²) < 4.78 is 12.9. The third-order valence-electron chi connectivity index (χ3n) is 3.52. The number of nitrogens with zero attached hydrogens (tertiary/aromatic N) is 1. The second kappa shape index (κ2) is 8.21. The quantitative estimate of drug-likeness (QED) is 0.632. The first-order valence-electron chi connectivity index (χ1n) is 7.42. The van der Waals surface area contributed by atoms with Crippen molar-refractivity contribution in [1.82, 2.24) is 5.32 Å². The monoisotopic (exact) mass is 330 g/mol. The molecule has 5 nitrogen and oxygen atoms in total. The minimum absolute atomic E-state index is 0.307. The van der Waals surface area contributed by atoms with Crippen LogP contribution in [0.3, 0.4) is 0 Å². The van der Waals surface area contributed by atoms with Gasteiger partial charge in [-0.1, -0.05) is 29.4 Å². The molecule has 2 rings (SSSR count). The molecule has 0 radical (unpaired) electrons. The number of carbonyl (C=O) groups excluding carboxylic acids is 1. The molecule has 0 spiro atoms. The van der Waals surface area contributed by atoms with Crippen molar-refractivity contribution < 1.29 is 19.1 Å². The molecule has 0 aliphatic rings. The summed E-state index contributed by atoms with van der Waals surface area (Å²) in [7, 11) is 1.45. The zero-order chi connectivity index (χ0) is 17.5. The van der Waals surface area contributed by atoms with E-state index < -0.39 is 12.1 Å². The number of benzene rings is 2. The molecule has 2 aromatic carbocycles. The van der Waals surface area contributed by atoms with Crippen molar-refractivity contribution in [3.05, 3.63) is 71.0 Å². The maximum absolute atomic E-state index is 12.9. The molecule has 126 valence electrons. The number of hydrogen-bond donors (Lipinski definition) is 2. The van der Waals surface area contributed by atoms with Crippen LogP contribution in [0.1, 0.15) is 34.5 Å². The Bertz CT molecular complexity index is 699. The SMILES string of the molecule is CO/N=C/c1ccc(C(=O)NC(C)C(O)c2ccc(F)cc2)cc1. The van der Waals surface area contributed by atoms with E-state index >= 15 is 0 Å². The summed E-state index contributed by atoms with van der Waals surface area (Å²) in [6, 6.07) is 11.8. The van der Waals surface area contributed by atoms with Crippen LogP contribution < -0.4 is 5.32 Å². The van der Waals surface area contributed by atoms with Gasteiger partial charge in [-0.15, -0.1) is 0 Å². The van der Waals surface area contributed by atoms with Crippen molar-refractivity contribution in [3.63, 3.8) is 0 Å². The fourth-order valence-electron chi connectivity index (χ4n) is 2.15. The summed E-state index contributed by atoms with van der Waals surface area (Å²) in [4.78, 5) is 16.8. The summed E-state index contributed by atoms with van der Waals surface area (Å²) in [6.07, 6.45) is 0.602. The lowest BCUT2D eigenvalue weighted by Crippen LogP contribution is -2.37. The molecular formula is C18H19FN2O3. The zero-order valence-electron chi connectivity index (χ0n) is 13.4. The Morgan fingerprint density at radius 2 is 1.83 bits per heavy atom. The van der Waals surface area contributed by atoms with Crippen LogP contribution in [-0.2, 0) is 4.84 Å². The zero-order valence-corrected chi connectivity index (χ0v) is 13.4. The predicted octanol–water partition coefficient (Wildman–Crippen LogP) is 2.66. The number of amides is 1. The number of rotatable bonds is 6. The third-order valence-corrected chi connectivity index (χ3v) is 3.52. The van der Waals surface area contributed by atoms with Crippen LogP contribution in [0.5, 0.6) is 0 Å². The molecule has 2 unspecified atom stereocenters. The molecule has 2 N–H and O–H groups in total.